The highest BCUT2D eigenvalue weighted by Gasteiger charge is 2.39. The van der Waals surface area contributed by atoms with Gasteiger partial charge in [-0.15, -0.1) is 0 Å². The van der Waals surface area contributed by atoms with Crippen LogP contribution in [-0.4, -0.2) is 37.2 Å². The molecule has 0 saturated carbocycles. The molecule has 1 amide bonds. The summed E-state index contributed by atoms with van der Waals surface area (Å²) in [7, 11) is -4.39. The van der Waals surface area contributed by atoms with Gasteiger partial charge in [-0.3, -0.25) is 15.6 Å². The van der Waals surface area contributed by atoms with Crippen molar-refractivity contribution in [3.8, 4) is 5.75 Å². The largest absolute Gasteiger partial charge is 0.425 e. The third kappa shape index (κ3) is 6.72. The molecule has 0 aliphatic heterocycles. The molecule has 5 N–H and O–H groups in total. The standard InChI is InChI=1S/C26H29N5O5S/c1-17-12-18(2)24(19(3)13-17)37(34,35)31(29-16-32)23(14-20-8-5-4-6-9-20)25(33)36-22-11-7-10-21(15-22)30-26(27)28/h4-13,15-16,23H,14H2,1-3H3,(H,29,32)(H4,27,28,30)/t23-/m0/s1. The van der Waals surface area contributed by atoms with Crippen LogP contribution in [0.3, 0.4) is 0 Å². The van der Waals surface area contributed by atoms with Gasteiger partial charge in [0, 0.05) is 18.2 Å². The summed E-state index contributed by atoms with van der Waals surface area (Å²) in [6.07, 6.45) is 0.133. The zero-order chi connectivity index (χ0) is 27.2. The number of ether oxygens (including phenoxy) is 1. The summed E-state index contributed by atoms with van der Waals surface area (Å²) in [6, 6.07) is 16.9. The monoisotopic (exact) mass is 523 g/mol. The van der Waals surface area contributed by atoms with Gasteiger partial charge in [-0.2, -0.15) is 0 Å². The van der Waals surface area contributed by atoms with Gasteiger partial charge in [0.1, 0.15) is 11.8 Å². The van der Waals surface area contributed by atoms with Crippen LogP contribution in [0.1, 0.15) is 22.3 Å². The fraction of sp³-hybridized carbons (Fsp3) is 0.192. The van der Waals surface area contributed by atoms with Crippen molar-refractivity contribution in [1.82, 2.24) is 9.84 Å². The predicted molar refractivity (Wildman–Crippen MR) is 140 cm³/mol. The summed E-state index contributed by atoms with van der Waals surface area (Å²) in [4.78, 5) is 25.1. The van der Waals surface area contributed by atoms with Gasteiger partial charge in [-0.25, -0.2) is 13.2 Å². The Morgan fingerprint density at radius 3 is 2.30 bits per heavy atom. The first kappa shape index (κ1) is 27.4. The number of benzene rings is 3. The zero-order valence-corrected chi connectivity index (χ0v) is 21.5. The number of nitrogens with one attached hydrogen (secondary N) is 3. The van der Waals surface area contributed by atoms with Crippen molar-refractivity contribution in [1.29, 1.82) is 5.41 Å². The molecule has 37 heavy (non-hydrogen) atoms. The highest BCUT2D eigenvalue weighted by molar-refractivity contribution is 7.89. The maximum Gasteiger partial charge on any atom is 0.332 e. The topological polar surface area (TPSA) is 155 Å². The van der Waals surface area contributed by atoms with E-state index in [4.69, 9.17) is 15.9 Å². The number of guanidine groups is 1. The summed E-state index contributed by atoms with van der Waals surface area (Å²) in [5.74, 6) is -1.12. The van der Waals surface area contributed by atoms with E-state index in [9.17, 15) is 18.0 Å². The predicted octanol–water partition coefficient (Wildman–Crippen LogP) is 2.79. The van der Waals surface area contributed by atoms with Crippen LogP contribution >= 0.6 is 0 Å². The lowest BCUT2D eigenvalue weighted by Gasteiger charge is -2.29. The molecule has 0 heterocycles. The molecule has 0 aliphatic rings. The molecule has 11 heteroatoms. The van der Waals surface area contributed by atoms with Crippen LogP contribution in [0.4, 0.5) is 5.69 Å². The summed E-state index contributed by atoms with van der Waals surface area (Å²) in [5, 5.41) is 9.98. The summed E-state index contributed by atoms with van der Waals surface area (Å²) in [5.41, 5.74) is 10.5. The molecule has 0 fully saturated rings. The van der Waals surface area contributed by atoms with Crippen molar-refractivity contribution in [3.05, 3.63) is 89.0 Å². The minimum Gasteiger partial charge on any atom is -0.425 e. The van der Waals surface area contributed by atoms with Gasteiger partial charge < -0.3 is 15.8 Å². The number of esters is 1. The summed E-state index contributed by atoms with van der Waals surface area (Å²) < 4.78 is 34.0. The average Bonchev–Trinajstić information content (AvgIpc) is 2.80. The van der Waals surface area contributed by atoms with Crippen LogP contribution in [0.15, 0.2) is 71.6 Å². The second kappa shape index (κ2) is 11.7. The van der Waals surface area contributed by atoms with Crippen LogP contribution in [0.5, 0.6) is 5.75 Å². The first-order valence-corrected chi connectivity index (χ1v) is 12.8. The summed E-state index contributed by atoms with van der Waals surface area (Å²) >= 11 is 0. The third-order valence-corrected chi connectivity index (χ3v) is 7.50. The Morgan fingerprint density at radius 2 is 1.70 bits per heavy atom. The van der Waals surface area contributed by atoms with Crippen LogP contribution in [0.2, 0.25) is 0 Å². The molecule has 0 bridgehead atoms. The number of sulfonamides is 1. The van der Waals surface area contributed by atoms with Crippen molar-refractivity contribution in [2.24, 2.45) is 5.73 Å². The Bertz CT molecular complexity index is 1390. The van der Waals surface area contributed by atoms with Crippen LogP contribution < -0.4 is 21.2 Å². The number of carbonyl (C=O) groups is 2. The number of hydrazine groups is 1. The van der Waals surface area contributed by atoms with E-state index in [1.165, 1.54) is 12.1 Å². The Balaban J connectivity index is 2.07. The van der Waals surface area contributed by atoms with Gasteiger partial charge >= 0.3 is 5.97 Å². The fourth-order valence-corrected chi connectivity index (χ4v) is 5.93. The molecular weight excluding hydrogens is 494 g/mol. The Kier molecular flexibility index (Phi) is 8.64. The van der Waals surface area contributed by atoms with E-state index in [2.05, 4.69) is 10.7 Å². The first-order chi connectivity index (χ1) is 17.5. The fourth-order valence-electron chi connectivity index (χ4n) is 4.13. The SMILES string of the molecule is Cc1cc(C)c(S(=O)(=O)N(NC=O)[C@@H](Cc2ccccc2)C(=O)Oc2cccc(NC(=N)N)c2)c(C)c1. The number of rotatable bonds is 10. The number of nitrogens with zero attached hydrogens (tertiary/aromatic N) is 1. The van der Waals surface area contributed by atoms with Gasteiger partial charge in [-0.1, -0.05) is 58.5 Å². The Labute approximate surface area is 216 Å². The van der Waals surface area contributed by atoms with Gasteiger partial charge in [0.2, 0.25) is 6.41 Å². The molecule has 0 spiro atoms. The van der Waals surface area contributed by atoms with Gasteiger partial charge in [0.15, 0.2) is 5.96 Å². The van der Waals surface area contributed by atoms with Crippen molar-refractivity contribution in [3.63, 3.8) is 0 Å². The smallest absolute Gasteiger partial charge is 0.332 e. The lowest BCUT2D eigenvalue weighted by atomic mass is 10.1. The Hall–Kier alpha value is -4.22. The molecule has 1 atom stereocenters. The lowest BCUT2D eigenvalue weighted by molar-refractivity contribution is -0.139. The second-order valence-corrected chi connectivity index (χ2v) is 10.2. The van der Waals surface area contributed by atoms with Crippen molar-refractivity contribution in [2.75, 3.05) is 5.32 Å². The van der Waals surface area contributed by atoms with Gasteiger partial charge in [0.25, 0.3) is 10.0 Å². The number of hydrogen-bond donors (Lipinski definition) is 4. The van der Waals surface area contributed by atoms with E-state index < -0.39 is 22.0 Å². The quantitative estimate of drug-likeness (QED) is 0.0795. The molecule has 3 aromatic carbocycles. The van der Waals surface area contributed by atoms with Gasteiger partial charge in [0.05, 0.1) is 4.90 Å². The minimum atomic E-state index is -4.39. The highest BCUT2D eigenvalue weighted by atomic mass is 32.2. The second-order valence-electron chi connectivity index (χ2n) is 8.47. The molecule has 0 aliphatic carbocycles. The van der Waals surface area contributed by atoms with E-state index in [1.807, 2.05) is 6.92 Å². The van der Waals surface area contributed by atoms with E-state index >= 15 is 0 Å². The van der Waals surface area contributed by atoms with E-state index in [0.717, 1.165) is 5.56 Å². The lowest BCUT2D eigenvalue weighted by Crippen LogP contribution is -2.54. The maximum absolute atomic E-state index is 13.9. The molecule has 3 aromatic rings. The average molecular weight is 524 g/mol. The third-order valence-electron chi connectivity index (χ3n) is 5.46. The minimum absolute atomic E-state index is 0.00836. The maximum atomic E-state index is 13.9. The summed E-state index contributed by atoms with van der Waals surface area (Å²) in [6.45, 7) is 5.16. The van der Waals surface area contributed by atoms with E-state index in [1.54, 1.807) is 68.4 Å². The number of hydrogen-bond acceptors (Lipinski definition) is 6. The molecule has 0 radical (unpaired) electrons. The normalized spacial score (nSPS) is 12.0. The highest BCUT2D eigenvalue weighted by Crippen LogP contribution is 2.27. The molecule has 0 saturated heterocycles. The first-order valence-electron chi connectivity index (χ1n) is 11.3. The van der Waals surface area contributed by atoms with Gasteiger partial charge in [-0.05, 0) is 49.6 Å². The van der Waals surface area contributed by atoms with Crippen LogP contribution in [-0.2, 0) is 26.0 Å². The van der Waals surface area contributed by atoms with Crippen molar-refractivity contribution >= 4 is 34.0 Å². The number of nitrogens with two attached hydrogens (primary N) is 1. The van der Waals surface area contributed by atoms with E-state index in [0.29, 0.717) is 26.8 Å². The van der Waals surface area contributed by atoms with Crippen molar-refractivity contribution < 1.29 is 22.7 Å². The molecular formula is C26H29N5O5S. The van der Waals surface area contributed by atoms with E-state index in [-0.39, 0.29) is 29.4 Å². The van der Waals surface area contributed by atoms with Crippen molar-refractivity contribution in [2.45, 2.75) is 38.1 Å². The van der Waals surface area contributed by atoms with Crippen LogP contribution in [0.25, 0.3) is 0 Å². The zero-order valence-electron chi connectivity index (χ0n) is 20.7. The number of carbonyl (C=O) groups excluding carboxylic acids is 2. The molecule has 10 nitrogen and oxygen atoms in total. The molecule has 0 unspecified atom stereocenters. The number of amides is 1. The number of aryl methyl sites for hydroxylation is 3. The molecule has 3 rings (SSSR count). The Morgan fingerprint density at radius 1 is 1.05 bits per heavy atom. The number of anilines is 1. The molecule has 194 valence electrons. The molecule has 0 aromatic heterocycles. The van der Waals surface area contributed by atoms with Crippen LogP contribution in [0, 0.1) is 26.2 Å².